The molecule has 3 aliphatic rings. The van der Waals surface area contributed by atoms with Crippen LogP contribution < -0.4 is 14.9 Å². The molecule has 0 radical (unpaired) electrons. The number of piperazine rings is 2. The van der Waals surface area contributed by atoms with Gasteiger partial charge in [-0.15, -0.1) is 0 Å². The van der Waals surface area contributed by atoms with E-state index in [4.69, 9.17) is 20.6 Å². The van der Waals surface area contributed by atoms with E-state index >= 15 is 0 Å². The fourth-order valence-corrected chi connectivity index (χ4v) is 14.4. The summed E-state index contributed by atoms with van der Waals surface area (Å²) in [7, 11) is -10.8. The van der Waals surface area contributed by atoms with Crippen LogP contribution in [0.3, 0.4) is 0 Å². The summed E-state index contributed by atoms with van der Waals surface area (Å²) in [5.41, 5.74) is -0.265. The molecule has 398 valence electrons. The Hall–Kier alpha value is -3.75. The van der Waals surface area contributed by atoms with E-state index in [1.165, 1.54) is 28.8 Å². The number of allylic oxidation sites excluding steroid dienone is 1. The van der Waals surface area contributed by atoms with Gasteiger partial charge in [-0.25, -0.2) is 8.42 Å². The van der Waals surface area contributed by atoms with Crippen molar-refractivity contribution in [2.24, 2.45) is 5.41 Å². The number of carbonyl (C=O) groups excluding carboxylic acids is 1. The van der Waals surface area contributed by atoms with Gasteiger partial charge in [0.15, 0.2) is 0 Å². The zero-order chi connectivity index (χ0) is 52.4. The molecule has 2 atom stereocenters. The predicted octanol–water partition coefficient (Wildman–Crippen LogP) is 10.7. The molecule has 21 heteroatoms. The quantitative estimate of drug-likeness (QED) is 0.0570. The first-order valence-corrected chi connectivity index (χ1v) is 30.5. The summed E-state index contributed by atoms with van der Waals surface area (Å²) in [5, 5.41) is 3.76. The highest BCUT2D eigenvalue weighted by Crippen LogP contribution is 2.49. The van der Waals surface area contributed by atoms with Crippen molar-refractivity contribution in [2.75, 3.05) is 101 Å². The van der Waals surface area contributed by atoms with E-state index in [9.17, 15) is 35.2 Å². The summed E-state index contributed by atoms with van der Waals surface area (Å²) in [6.07, 6.45) is 3.68. The third kappa shape index (κ3) is 15.7. The molecule has 2 saturated heterocycles. The Morgan fingerprint density at radius 3 is 2.12 bits per heavy atom. The van der Waals surface area contributed by atoms with Crippen molar-refractivity contribution < 1.29 is 44.2 Å². The number of hydrogen-bond acceptors (Lipinski definition) is 13. The summed E-state index contributed by atoms with van der Waals surface area (Å²) in [5.74, 6) is -0.530. The van der Waals surface area contributed by atoms with Crippen LogP contribution in [-0.4, -0.2) is 135 Å². The number of alkyl halides is 3. The van der Waals surface area contributed by atoms with Gasteiger partial charge in [-0.05, 0) is 135 Å². The van der Waals surface area contributed by atoms with Crippen molar-refractivity contribution in [3.05, 3.63) is 119 Å². The molecule has 2 aliphatic heterocycles. The Labute approximate surface area is 440 Å². The molecule has 0 saturated carbocycles. The molecule has 1 aliphatic carbocycles. The third-order valence-corrected chi connectivity index (χ3v) is 19.6. The average molecular weight is 1110 g/mol. The van der Waals surface area contributed by atoms with Crippen LogP contribution in [0.2, 0.25) is 5.02 Å². The molecule has 4 aromatic rings. The Bertz CT molecular complexity index is 2700. The second kappa shape index (κ2) is 25.4. The number of benzene rings is 4. The summed E-state index contributed by atoms with van der Waals surface area (Å²) in [6.45, 7) is 15.7. The number of sulfone groups is 1. The Kier molecular flexibility index (Phi) is 19.8. The summed E-state index contributed by atoms with van der Waals surface area (Å²) in [4.78, 5) is 21.9. The Balaban J connectivity index is 0.981. The fourth-order valence-electron chi connectivity index (χ4n) is 9.54. The molecular weight excluding hydrogens is 1040 g/mol. The van der Waals surface area contributed by atoms with E-state index in [-0.39, 0.29) is 41.3 Å². The lowest BCUT2D eigenvalue weighted by Crippen LogP contribution is -2.47. The van der Waals surface area contributed by atoms with Gasteiger partial charge in [0.05, 0.1) is 29.7 Å². The third-order valence-electron chi connectivity index (χ3n) is 13.5. The molecule has 0 aromatic heterocycles. The van der Waals surface area contributed by atoms with Gasteiger partial charge in [0, 0.05) is 103 Å². The first kappa shape index (κ1) is 57.0. The lowest BCUT2D eigenvalue weighted by molar-refractivity contribution is -0.0435. The highest BCUT2D eigenvalue weighted by molar-refractivity contribution is 7.98. The van der Waals surface area contributed by atoms with E-state index in [1.54, 1.807) is 56.3 Å². The molecule has 0 spiro atoms. The van der Waals surface area contributed by atoms with Gasteiger partial charge >= 0.3 is 13.1 Å². The Morgan fingerprint density at radius 1 is 0.863 bits per heavy atom. The summed E-state index contributed by atoms with van der Waals surface area (Å²) in [6, 6.07) is 26.8. The van der Waals surface area contributed by atoms with Crippen LogP contribution in [0.25, 0.3) is 5.57 Å². The maximum atomic E-state index is 14.3. The number of carbonyl (C=O) groups is 1. The number of anilines is 2. The van der Waals surface area contributed by atoms with Crippen LogP contribution in [0, 0.1) is 5.41 Å². The molecule has 0 bridgehead atoms. The molecule has 4 aromatic carbocycles. The van der Waals surface area contributed by atoms with E-state index in [0.717, 1.165) is 68.8 Å². The van der Waals surface area contributed by atoms with Crippen molar-refractivity contribution >= 4 is 74.6 Å². The molecule has 1 amide bonds. The summed E-state index contributed by atoms with van der Waals surface area (Å²) < 4.78 is 110. The minimum Gasteiger partial charge on any atom is -0.380 e. The second-order valence-corrected chi connectivity index (χ2v) is 26.1. The van der Waals surface area contributed by atoms with Crippen LogP contribution in [0.5, 0.6) is 0 Å². The van der Waals surface area contributed by atoms with Gasteiger partial charge in [-0.3, -0.25) is 28.1 Å². The monoisotopic (exact) mass is 1110 g/mol. The highest BCUT2D eigenvalue weighted by Gasteiger charge is 2.48. The second-order valence-electron chi connectivity index (χ2n) is 19.4. The Morgan fingerprint density at radius 2 is 1.49 bits per heavy atom. The normalized spacial score (nSPS) is 18.4. The maximum Gasteiger partial charge on any atom is 0.501 e. The maximum absolute atomic E-state index is 14.3. The van der Waals surface area contributed by atoms with Gasteiger partial charge in [-0.2, -0.15) is 13.2 Å². The summed E-state index contributed by atoms with van der Waals surface area (Å²) >= 11 is 6.92. The predicted molar refractivity (Wildman–Crippen MR) is 288 cm³/mol. The lowest BCUT2D eigenvalue weighted by Gasteiger charge is -2.39. The molecule has 7 rings (SSSR count). The largest absolute Gasteiger partial charge is 0.501 e. The van der Waals surface area contributed by atoms with Gasteiger partial charge < -0.3 is 24.2 Å². The molecular formula is C52H67ClF3N6O7PS3. The fraction of sp³-hybridized carbons (Fsp3) is 0.481. The molecule has 2 unspecified atom stereocenters. The molecule has 2 N–H and O–H groups in total. The van der Waals surface area contributed by atoms with Crippen molar-refractivity contribution in [3.8, 4) is 0 Å². The number of halogens is 4. The lowest BCUT2D eigenvalue weighted by atomic mass is 9.73. The van der Waals surface area contributed by atoms with E-state index < -0.39 is 50.6 Å². The number of amides is 1. The smallest absolute Gasteiger partial charge is 0.380 e. The molecule has 2 fully saturated rings. The van der Waals surface area contributed by atoms with Crippen molar-refractivity contribution in [2.45, 2.75) is 79.6 Å². The number of rotatable bonds is 22. The van der Waals surface area contributed by atoms with Gasteiger partial charge in [0.2, 0.25) is 0 Å². The molecule has 2 heterocycles. The topological polar surface area (TPSA) is 141 Å². The van der Waals surface area contributed by atoms with Crippen molar-refractivity contribution in [1.82, 2.24) is 19.4 Å². The first-order valence-electron chi connectivity index (χ1n) is 24.7. The van der Waals surface area contributed by atoms with Gasteiger partial charge in [0.25, 0.3) is 15.7 Å². The van der Waals surface area contributed by atoms with Crippen LogP contribution in [-0.2, 0) is 34.2 Å². The first-order chi connectivity index (χ1) is 34.7. The van der Waals surface area contributed by atoms with Crippen molar-refractivity contribution in [1.29, 1.82) is 0 Å². The van der Waals surface area contributed by atoms with E-state index in [2.05, 4.69) is 50.7 Å². The SMILES string of the molecule is CCOP(=O)(CN1CCN(CCC(CS(=O)c2ccccc2)Nc2ccc(SNC(=O)c3ccc(N4CCN(CC5=C(c6ccc(Cl)cc6)CCC(C)(C)C5)CC4)cc3)cc2S(=O)(=O)C(F)(F)F)CC1)OCC. The standard InChI is InChI=1S/C52H67ClF3N6O7PS3/c1-5-68-70(64,69-6-2)38-61-28-26-59(27-29-61)25-23-43(37-72(65)46-10-8-7-9-11-46)57-48-21-20-45(34-49(48)73(66,67)52(54,55)56)71-58-50(63)40-14-18-44(19-15-40)62-32-30-60(31-33-62)36-41-35-51(3,4)24-22-47(41)39-12-16-42(53)17-13-39/h7-21,34,43,57H,5-6,22-33,35-38H2,1-4H3,(H,58,63). The highest BCUT2D eigenvalue weighted by atomic mass is 35.5. The zero-order valence-electron chi connectivity index (χ0n) is 41.9. The number of hydrogen-bond donors (Lipinski definition) is 2. The van der Waals surface area contributed by atoms with Crippen LogP contribution in [0.1, 0.15) is 69.3 Å². The van der Waals surface area contributed by atoms with Crippen LogP contribution >= 0.6 is 31.1 Å². The zero-order valence-corrected chi connectivity index (χ0v) is 46.0. The number of nitrogens with one attached hydrogen (secondary N) is 2. The van der Waals surface area contributed by atoms with Crippen LogP contribution in [0.15, 0.2) is 117 Å². The van der Waals surface area contributed by atoms with Gasteiger partial charge in [-0.1, -0.05) is 61.4 Å². The molecule has 73 heavy (non-hydrogen) atoms. The number of nitrogens with zero attached hydrogens (tertiary/aromatic N) is 4. The minimum absolute atomic E-state index is 0.0212. The van der Waals surface area contributed by atoms with Crippen LogP contribution in [0.4, 0.5) is 24.5 Å². The minimum atomic E-state index is -5.90. The molecule has 13 nitrogen and oxygen atoms in total. The van der Waals surface area contributed by atoms with E-state index in [1.807, 2.05) is 29.2 Å². The van der Waals surface area contributed by atoms with Crippen molar-refractivity contribution in [3.63, 3.8) is 0 Å². The average Bonchev–Trinajstić information content (AvgIpc) is 3.36. The van der Waals surface area contributed by atoms with E-state index in [0.29, 0.717) is 61.6 Å². The van der Waals surface area contributed by atoms with Gasteiger partial charge in [0.1, 0.15) is 11.2 Å².